The molecule has 170 valence electrons. The van der Waals surface area contributed by atoms with E-state index < -0.39 is 10.0 Å². The summed E-state index contributed by atoms with van der Waals surface area (Å²) in [6.07, 6.45) is 0. The molecule has 9 nitrogen and oxygen atoms in total. The largest absolute Gasteiger partial charge is 0.497 e. The van der Waals surface area contributed by atoms with Crippen molar-refractivity contribution < 1.29 is 22.3 Å². The molecule has 11 heteroatoms. The van der Waals surface area contributed by atoms with Crippen LogP contribution in [0.5, 0.6) is 5.75 Å². The van der Waals surface area contributed by atoms with Gasteiger partial charge in [0.15, 0.2) is 0 Å². The van der Waals surface area contributed by atoms with Crippen molar-refractivity contribution in [1.29, 1.82) is 0 Å². The number of morpholine rings is 1. The highest BCUT2D eigenvalue weighted by molar-refractivity contribution is 7.99. The van der Waals surface area contributed by atoms with E-state index in [-0.39, 0.29) is 4.90 Å². The van der Waals surface area contributed by atoms with Crippen molar-refractivity contribution in [2.75, 3.05) is 50.4 Å². The molecule has 1 N–H and O–H groups in total. The summed E-state index contributed by atoms with van der Waals surface area (Å²) in [4.78, 5) is 2.50. The second-order valence-electron chi connectivity index (χ2n) is 7.03. The molecular weight excluding hydrogens is 452 g/mol. The first kappa shape index (κ1) is 22.6. The fourth-order valence-electron chi connectivity index (χ4n) is 3.12. The van der Waals surface area contributed by atoms with E-state index in [4.69, 9.17) is 13.9 Å². The minimum atomic E-state index is -3.70. The van der Waals surface area contributed by atoms with Gasteiger partial charge in [0.1, 0.15) is 5.75 Å². The van der Waals surface area contributed by atoms with Gasteiger partial charge in [-0.2, -0.15) is 0 Å². The van der Waals surface area contributed by atoms with E-state index in [0.29, 0.717) is 28.1 Å². The summed E-state index contributed by atoms with van der Waals surface area (Å²) in [5, 5.41) is 8.70. The summed E-state index contributed by atoms with van der Waals surface area (Å²) in [5.41, 5.74) is 1.15. The quantitative estimate of drug-likeness (QED) is 0.466. The van der Waals surface area contributed by atoms with E-state index >= 15 is 0 Å². The van der Waals surface area contributed by atoms with Gasteiger partial charge in [0.05, 0.1) is 25.2 Å². The minimum absolute atomic E-state index is 0.151. The van der Waals surface area contributed by atoms with Gasteiger partial charge in [-0.25, -0.2) is 8.42 Å². The lowest BCUT2D eigenvalue weighted by Crippen LogP contribution is -2.37. The van der Waals surface area contributed by atoms with Gasteiger partial charge >= 0.3 is 0 Å². The number of aromatic nitrogens is 2. The summed E-state index contributed by atoms with van der Waals surface area (Å²) in [7, 11) is -2.18. The Bertz CT molecular complexity index is 1110. The Hall–Kier alpha value is -2.60. The molecule has 1 aromatic heterocycles. The van der Waals surface area contributed by atoms with Gasteiger partial charge in [0, 0.05) is 36.6 Å². The summed E-state index contributed by atoms with van der Waals surface area (Å²) in [5.74, 6) is 1.84. The normalized spacial score (nSPS) is 14.9. The maximum Gasteiger partial charge on any atom is 0.276 e. The van der Waals surface area contributed by atoms with Crippen LogP contribution in [0.15, 0.2) is 63.1 Å². The summed E-state index contributed by atoms with van der Waals surface area (Å²) in [6, 6.07) is 13.0. The average molecular weight is 477 g/mol. The van der Waals surface area contributed by atoms with E-state index in [2.05, 4.69) is 19.8 Å². The highest BCUT2D eigenvalue weighted by Gasteiger charge is 2.16. The van der Waals surface area contributed by atoms with Crippen LogP contribution in [0.2, 0.25) is 0 Å². The Balaban J connectivity index is 1.34. The van der Waals surface area contributed by atoms with Crippen molar-refractivity contribution in [1.82, 2.24) is 15.1 Å². The Labute approximate surface area is 191 Å². The number of nitrogens with zero attached hydrogens (tertiary/aromatic N) is 3. The molecule has 0 radical (unpaired) electrons. The molecule has 0 amide bonds. The fourth-order valence-corrected chi connectivity index (χ4v) is 4.94. The number of anilines is 1. The number of hydrogen-bond donors (Lipinski definition) is 1. The van der Waals surface area contributed by atoms with Crippen LogP contribution < -0.4 is 9.46 Å². The molecule has 0 aliphatic carbocycles. The molecule has 0 spiro atoms. The van der Waals surface area contributed by atoms with Crippen molar-refractivity contribution in [3.05, 3.63) is 48.5 Å². The molecule has 0 unspecified atom stereocenters. The third-order valence-corrected chi connectivity index (χ3v) is 7.09. The standard InChI is InChI=1S/C21H24N4O5S2/c1-28-18-6-8-19(9-7-18)32(26,27)24-17-4-2-16(3-5-17)20-22-23-21(30-20)31-15-12-25-10-13-29-14-11-25/h2-9,24H,10-15H2,1H3. The molecule has 2 aromatic carbocycles. The Morgan fingerprint density at radius 3 is 2.47 bits per heavy atom. The molecule has 0 atom stereocenters. The topological polar surface area (TPSA) is 107 Å². The number of sulfonamides is 1. The third kappa shape index (κ3) is 5.80. The highest BCUT2D eigenvalue weighted by atomic mass is 32.2. The van der Waals surface area contributed by atoms with Gasteiger partial charge in [-0.15, -0.1) is 10.2 Å². The van der Waals surface area contributed by atoms with Crippen molar-refractivity contribution in [3.8, 4) is 17.2 Å². The first-order chi connectivity index (χ1) is 15.5. The second kappa shape index (κ2) is 10.3. The number of benzene rings is 2. The number of nitrogens with one attached hydrogen (secondary N) is 1. The lowest BCUT2D eigenvalue weighted by Gasteiger charge is -2.25. The molecule has 32 heavy (non-hydrogen) atoms. The molecule has 0 bridgehead atoms. The Morgan fingerprint density at radius 2 is 1.78 bits per heavy atom. The maximum atomic E-state index is 12.6. The van der Waals surface area contributed by atoms with Crippen molar-refractivity contribution in [2.45, 2.75) is 10.1 Å². The number of rotatable bonds is 9. The van der Waals surface area contributed by atoms with E-state index in [1.54, 1.807) is 36.4 Å². The van der Waals surface area contributed by atoms with Crippen molar-refractivity contribution in [2.24, 2.45) is 0 Å². The van der Waals surface area contributed by atoms with Crippen molar-refractivity contribution >= 4 is 27.5 Å². The first-order valence-corrected chi connectivity index (χ1v) is 12.5. The lowest BCUT2D eigenvalue weighted by molar-refractivity contribution is 0.0410. The average Bonchev–Trinajstić information content (AvgIpc) is 3.29. The van der Waals surface area contributed by atoms with Gasteiger partial charge in [-0.3, -0.25) is 9.62 Å². The van der Waals surface area contributed by atoms with Crippen LogP contribution in [0.25, 0.3) is 11.5 Å². The first-order valence-electron chi connectivity index (χ1n) is 10.1. The van der Waals surface area contributed by atoms with Gasteiger partial charge < -0.3 is 13.9 Å². The molecular formula is C21H24N4O5S2. The van der Waals surface area contributed by atoms with Gasteiger partial charge in [0.2, 0.25) is 5.89 Å². The Kier molecular flexibility index (Phi) is 7.30. The van der Waals surface area contributed by atoms with E-state index in [1.165, 1.54) is 31.0 Å². The molecule has 1 aliphatic rings. The van der Waals surface area contributed by atoms with Crippen LogP contribution in [0.3, 0.4) is 0 Å². The van der Waals surface area contributed by atoms with Crippen LogP contribution in [0.4, 0.5) is 5.69 Å². The Morgan fingerprint density at radius 1 is 1.06 bits per heavy atom. The summed E-state index contributed by atoms with van der Waals surface area (Å²) < 4.78 is 43.9. The number of hydrogen-bond acceptors (Lipinski definition) is 9. The molecule has 4 rings (SSSR count). The van der Waals surface area contributed by atoms with Gasteiger partial charge in [0.25, 0.3) is 15.2 Å². The zero-order valence-electron chi connectivity index (χ0n) is 17.6. The molecule has 1 aliphatic heterocycles. The molecule has 2 heterocycles. The van der Waals surface area contributed by atoms with Crippen LogP contribution in [0.1, 0.15) is 0 Å². The SMILES string of the molecule is COc1ccc(S(=O)(=O)Nc2ccc(-c3nnc(SCCN4CCOCC4)o3)cc2)cc1. The molecule has 1 saturated heterocycles. The van der Waals surface area contributed by atoms with E-state index in [9.17, 15) is 8.42 Å². The monoisotopic (exact) mass is 476 g/mol. The summed E-state index contributed by atoms with van der Waals surface area (Å²) >= 11 is 1.52. The number of methoxy groups -OCH3 is 1. The predicted molar refractivity (Wildman–Crippen MR) is 122 cm³/mol. The number of thioether (sulfide) groups is 1. The van der Waals surface area contributed by atoms with Crippen molar-refractivity contribution in [3.63, 3.8) is 0 Å². The van der Waals surface area contributed by atoms with Crippen LogP contribution in [-0.2, 0) is 14.8 Å². The lowest BCUT2D eigenvalue weighted by atomic mass is 10.2. The highest BCUT2D eigenvalue weighted by Crippen LogP contribution is 2.25. The molecule has 1 fully saturated rings. The summed E-state index contributed by atoms with van der Waals surface area (Å²) in [6.45, 7) is 4.40. The van der Waals surface area contributed by atoms with Crippen LogP contribution in [-0.4, -0.2) is 69.2 Å². The minimum Gasteiger partial charge on any atom is -0.497 e. The zero-order valence-corrected chi connectivity index (χ0v) is 19.2. The number of ether oxygens (including phenoxy) is 2. The van der Waals surface area contributed by atoms with Gasteiger partial charge in [-0.05, 0) is 48.5 Å². The van der Waals surface area contributed by atoms with E-state index in [0.717, 1.165) is 38.6 Å². The molecule has 0 saturated carbocycles. The predicted octanol–water partition coefficient (Wildman–Crippen LogP) is 2.97. The fraction of sp³-hybridized carbons (Fsp3) is 0.333. The smallest absolute Gasteiger partial charge is 0.276 e. The molecule has 3 aromatic rings. The maximum absolute atomic E-state index is 12.6. The van der Waals surface area contributed by atoms with Gasteiger partial charge in [-0.1, -0.05) is 11.8 Å². The zero-order chi connectivity index (χ0) is 22.4. The van der Waals surface area contributed by atoms with E-state index in [1.807, 2.05) is 0 Å². The van der Waals surface area contributed by atoms with Crippen LogP contribution in [0, 0.1) is 0 Å². The second-order valence-corrected chi connectivity index (χ2v) is 9.76. The third-order valence-electron chi connectivity index (χ3n) is 4.90. The van der Waals surface area contributed by atoms with Crippen LogP contribution >= 0.6 is 11.8 Å².